The molecule has 0 radical (unpaired) electrons. The van der Waals surface area contributed by atoms with Gasteiger partial charge in [0.25, 0.3) is 6.20 Å². The molecule has 0 aromatic carbocycles. The van der Waals surface area contributed by atoms with Crippen molar-refractivity contribution in [2.75, 3.05) is 43.7 Å². The number of thiophene rings is 1. The number of hydrogen-bond donors (Lipinski definition) is 1. The Morgan fingerprint density at radius 2 is 2.23 bits per heavy atom. The van der Waals surface area contributed by atoms with E-state index >= 15 is 0 Å². The smallest absolute Gasteiger partial charge is 0.338 e. The predicted octanol–water partition coefficient (Wildman–Crippen LogP) is 0.0459. The Morgan fingerprint density at radius 3 is 2.97 bits per heavy atom. The van der Waals surface area contributed by atoms with Crippen LogP contribution in [0, 0.1) is 6.92 Å². The minimum Gasteiger partial charge on any atom is -0.857 e. The van der Waals surface area contributed by atoms with Crippen LogP contribution >= 0.6 is 11.3 Å². The van der Waals surface area contributed by atoms with E-state index in [2.05, 4.69) is 15.2 Å². The summed E-state index contributed by atoms with van der Waals surface area (Å²) < 4.78 is 15.6. The van der Waals surface area contributed by atoms with Crippen molar-refractivity contribution in [2.45, 2.75) is 13.8 Å². The van der Waals surface area contributed by atoms with E-state index in [9.17, 15) is 9.90 Å². The fourth-order valence-electron chi connectivity index (χ4n) is 3.09. The minimum atomic E-state index is -0.603. The minimum absolute atomic E-state index is 0.0399. The third-order valence-electron chi connectivity index (χ3n) is 4.45. The zero-order valence-corrected chi connectivity index (χ0v) is 17.3. The zero-order chi connectivity index (χ0) is 21.3. The molecule has 158 valence electrons. The summed E-state index contributed by atoms with van der Waals surface area (Å²) in [7, 11) is 0. The molecular weight excluding hydrogens is 412 g/mol. The number of esters is 1. The first kappa shape index (κ1) is 20.0. The topological polar surface area (TPSA) is 143 Å². The van der Waals surface area contributed by atoms with Crippen LogP contribution in [0.5, 0.6) is 0 Å². The highest BCUT2D eigenvalue weighted by molar-refractivity contribution is 7.21. The highest BCUT2D eigenvalue weighted by atomic mass is 32.1. The van der Waals surface area contributed by atoms with E-state index in [1.807, 2.05) is 5.01 Å². The number of ether oxygens (including phenoxy) is 2. The summed E-state index contributed by atoms with van der Waals surface area (Å²) in [5.74, 6) is -1.08. The fraction of sp³-hybridized carbons (Fsp3) is 0.389. The molecule has 0 atom stereocenters. The van der Waals surface area contributed by atoms with Crippen molar-refractivity contribution in [1.29, 1.82) is 0 Å². The van der Waals surface area contributed by atoms with Gasteiger partial charge in [-0.2, -0.15) is 0 Å². The second-order valence-electron chi connectivity index (χ2n) is 6.50. The number of hydrogen-bond acceptors (Lipinski definition) is 11. The molecule has 1 aliphatic rings. The van der Waals surface area contributed by atoms with Crippen LogP contribution in [0.3, 0.4) is 0 Å². The fourth-order valence-corrected chi connectivity index (χ4v) is 4.14. The van der Waals surface area contributed by atoms with Gasteiger partial charge in [-0.15, -0.1) is 16.3 Å². The second kappa shape index (κ2) is 8.24. The van der Waals surface area contributed by atoms with Gasteiger partial charge in [0.1, 0.15) is 4.83 Å². The lowest BCUT2D eigenvalue weighted by atomic mass is 10.1. The Hall–Kier alpha value is -3.25. The van der Waals surface area contributed by atoms with Gasteiger partial charge < -0.3 is 20.3 Å². The van der Waals surface area contributed by atoms with Crippen LogP contribution in [0.15, 0.2) is 21.8 Å². The number of nitrogen functional groups attached to an aromatic ring is 1. The van der Waals surface area contributed by atoms with Gasteiger partial charge in [0.05, 0.1) is 53.8 Å². The molecule has 1 saturated heterocycles. The van der Waals surface area contributed by atoms with E-state index in [-0.39, 0.29) is 28.6 Å². The number of morpholine rings is 1. The van der Waals surface area contributed by atoms with Gasteiger partial charge in [-0.3, -0.25) is 4.52 Å². The third kappa shape index (κ3) is 3.78. The van der Waals surface area contributed by atoms with E-state index in [4.69, 9.17) is 19.7 Å². The first-order valence-electron chi connectivity index (χ1n) is 9.32. The van der Waals surface area contributed by atoms with Crippen LogP contribution < -0.4 is 20.6 Å². The maximum absolute atomic E-state index is 12.8. The summed E-state index contributed by atoms with van der Waals surface area (Å²) in [6, 6.07) is 1.59. The molecule has 2 N–H and O–H groups in total. The highest BCUT2D eigenvalue weighted by Gasteiger charge is 2.24. The van der Waals surface area contributed by atoms with Crippen LogP contribution in [0.2, 0.25) is 0 Å². The largest absolute Gasteiger partial charge is 0.857 e. The Bertz CT molecular complexity index is 1120. The quantitative estimate of drug-likeness (QED) is 0.256. The van der Waals surface area contributed by atoms with E-state index in [0.717, 1.165) is 11.3 Å². The molecule has 0 amide bonds. The molecule has 0 saturated carbocycles. The summed E-state index contributed by atoms with van der Waals surface area (Å²) in [6.45, 7) is 6.15. The second-order valence-corrected chi connectivity index (χ2v) is 7.50. The van der Waals surface area contributed by atoms with Crippen molar-refractivity contribution < 1.29 is 28.7 Å². The number of aliphatic imine (C=N–C) groups is 1. The lowest BCUT2D eigenvalue weighted by Crippen LogP contribution is -2.62. The van der Waals surface area contributed by atoms with Gasteiger partial charge in [-0.25, -0.2) is 14.8 Å². The maximum Gasteiger partial charge on any atom is 0.338 e. The molecule has 3 aromatic rings. The van der Waals surface area contributed by atoms with Crippen molar-refractivity contribution in [3.05, 3.63) is 28.4 Å². The molecular formula is C18H20N6O5S. The molecule has 0 bridgehead atoms. The van der Waals surface area contributed by atoms with Crippen molar-refractivity contribution in [3.63, 3.8) is 0 Å². The number of rotatable bonds is 5. The molecule has 0 unspecified atom stereocenters. The van der Waals surface area contributed by atoms with Crippen LogP contribution in [0.4, 0.5) is 11.6 Å². The van der Waals surface area contributed by atoms with Crippen molar-refractivity contribution in [1.82, 2.24) is 10.3 Å². The number of carbonyl (C=O) groups excluding carboxylic acids is 1. The normalized spacial score (nSPS) is 15.0. The van der Waals surface area contributed by atoms with Gasteiger partial charge in [-0.1, -0.05) is 0 Å². The molecule has 1 fully saturated rings. The first-order chi connectivity index (χ1) is 14.5. The molecule has 4 heterocycles. The van der Waals surface area contributed by atoms with Crippen molar-refractivity contribution in [2.24, 2.45) is 4.99 Å². The molecule has 3 aromatic heterocycles. The van der Waals surface area contributed by atoms with Gasteiger partial charge in [0.15, 0.2) is 0 Å². The average molecular weight is 432 g/mol. The molecule has 4 rings (SSSR count). The van der Waals surface area contributed by atoms with Gasteiger partial charge in [0, 0.05) is 17.0 Å². The number of fused-ring (bicyclic) bond motifs is 1. The van der Waals surface area contributed by atoms with Crippen LogP contribution in [-0.2, 0) is 9.47 Å². The van der Waals surface area contributed by atoms with Gasteiger partial charge in [0.2, 0.25) is 5.27 Å². The molecule has 0 spiro atoms. The number of aryl methyl sites for hydroxylation is 1. The van der Waals surface area contributed by atoms with E-state index in [1.54, 1.807) is 19.9 Å². The Labute approximate surface area is 175 Å². The van der Waals surface area contributed by atoms with Crippen LogP contribution in [0.25, 0.3) is 10.2 Å². The molecule has 11 nitrogen and oxygen atoms in total. The Morgan fingerprint density at radius 1 is 1.47 bits per heavy atom. The number of anilines is 1. The summed E-state index contributed by atoms with van der Waals surface area (Å²) in [5, 5.41) is 19.0. The molecule has 12 heteroatoms. The van der Waals surface area contributed by atoms with E-state index in [0.29, 0.717) is 42.2 Å². The van der Waals surface area contributed by atoms with Crippen LogP contribution in [-0.4, -0.2) is 55.0 Å². The predicted molar refractivity (Wildman–Crippen MR) is 106 cm³/mol. The summed E-state index contributed by atoms with van der Waals surface area (Å²) in [6.07, 6.45) is 1.51. The number of nitrogens with zero attached hydrogens (tertiary/aromatic N) is 5. The monoisotopic (exact) mass is 432 g/mol. The standard InChI is InChI=1S/C18H20N6O5S/c1-3-28-18(26)11-8-10(2)20-17-13(11)14(19)15(30-17)16(25)21-12-9-24(22-29-12)23-4-6-27-7-5-23/h8-9H,3-7H2,1-2H3,(H2-,19,21,22,25). The first-order valence-corrected chi connectivity index (χ1v) is 10.1. The number of carbonyl (C=O) groups is 1. The van der Waals surface area contributed by atoms with Crippen molar-refractivity contribution >= 4 is 45.0 Å². The summed E-state index contributed by atoms with van der Waals surface area (Å²) >= 11 is 1.07. The third-order valence-corrected chi connectivity index (χ3v) is 5.54. The maximum atomic E-state index is 12.8. The van der Waals surface area contributed by atoms with E-state index < -0.39 is 11.9 Å². The molecule has 30 heavy (non-hydrogen) atoms. The molecule has 1 aliphatic heterocycles. The summed E-state index contributed by atoms with van der Waals surface area (Å²) in [4.78, 5) is 22.8. The lowest BCUT2D eigenvalue weighted by molar-refractivity contribution is -0.759. The van der Waals surface area contributed by atoms with E-state index in [1.165, 1.54) is 11.0 Å². The van der Waals surface area contributed by atoms with Crippen molar-refractivity contribution in [3.8, 4) is 0 Å². The SMILES string of the molecule is CCOC(=O)c1cc(C)nc2sc(/C([O-])=N/c3c[n+](N4CCOCC4)no3)c(N)c12. The van der Waals surface area contributed by atoms with Gasteiger partial charge >= 0.3 is 11.9 Å². The Kier molecular flexibility index (Phi) is 5.50. The number of aromatic nitrogens is 3. The zero-order valence-electron chi connectivity index (χ0n) is 16.5. The molecule has 0 aliphatic carbocycles. The lowest BCUT2D eigenvalue weighted by Gasteiger charge is -2.18. The number of pyridine rings is 1. The Balaban J connectivity index is 1.69. The number of nitrogens with two attached hydrogens (primary N) is 1. The highest BCUT2D eigenvalue weighted by Crippen LogP contribution is 2.35. The van der Waals surface area contributed by atoms with Gasteiger partial charge in [-0.05, 0) is 19.9 Å². The van der Waals surface area contributed by atoms with Crippen LogP contribution in [0.1, 0.15) is 27.9 Å². The average Bonchev–Trinajstić information content (AvgIpc) is 3.33. The summed E-state index contributed by atoms with van der Waals surface area (Å²) in [5.41, 5.74) is 7.24.